The molecule has 4 saturated carbocycles. The third kappa shape index (κ3) is 4.48. The number of hydrogen-bond donors (Lipinski definition) is 0. The second kappa shape index (κ2) is 10.8. The highest BCUT2D eigenvalue weighted by molar-refractivity contribution is 7.26. The van der Waals surface area contributed by atoms with E-state index in [0.717, 1.165) is 51.9 Å². The zero-order chi connectivity index (χ0) is 32.1. The van der Waals surface area contributed by atoms with Gasteiger partial charge >= 0.3 is 0 Å². The minimum absolute atomic E-state index is 0.356. The molecule has 3 heterocycles. The van der Waals surface area contributed by atoms with Crippen molar-refractivity contribution in [1.82, 2.24) is 15.0 Å². The molecule has 8 aromatic rings. The highest BCUT2D eigenvalue weighted by Crippen LogP contribution is 2.58. The molecule has 4 aliphatic rings. The molecular weight excluding hydrogens is 635 g/mol. The number of nitrogens with zero attached hydrogens (tertiary/aromatic N) is 3. The van der Waals surface area contributed by atoms with Gasteiger partial charge in [0.25, 0.3) is 0 Å². The maximum absolute atomic E-state index is 5.29. The van der Waals surface area contributed by atoms with Gasteiger partial charge < -0.3 is 0 Å². The van der Waals surface area contributed by atoms with Crippen molar-refractivity contribution in [3.05, 3.63) is 115 Å². The summed E-state index contributed by atoms with van der Waals surface area (Å²) < 4.78 is 5.01. The molecule has 49 heavy (non-hydrogen) atoms. The first kappa shape index (κ1) is 28.4. The van der Waals surface area contributed by atoms with Crippen LogP contribution in [-0.4, -0.2) is 15.0 Å². The van der Waals surface area contributed by atoms with Crippen LogP contribution in [0.1, 0.15) is 50.5 Å². The Morgan fingerprint density at radius 2 is 0.959 bits per heavy atom. The summed E-state index contributed by atoms with van der Waals surface area (Å²) in [4.78, 5) is 15.8. The third-order valence-corrected chi connectivity index (χ3v) is 14.5. The number of fused-ring (bicyclic) bond motifs is 7. The van der Waals surface area contributed by atoms with Crippen LogP contribution in [0.15, 0.2) is 109 Å². The van der Waals surface area contributed by atoms with Gasteiger partial charge in [-0.25, -0.2) is 15.0 Å². The average molecular weight is 670 g/mol. The van der Waals surface area contributed by atoms with Gasteiger partial charge in [0.1, 0.15) is 0 Å². The molecule has 5 aromatic carbocycles. The van der Waals surface area contributed by atoms with Gasteiger partial charge in [-0.2, -0.15) is 0 Å². The maximum Gasteiger partial charge on any atom is 0.165 e. The van der Waals surface area contributed by atoms with Gasteiger partial charge in [-0.15, -0.1) is 22.7 Å². The minimum atomic E-state index is 0.356. The Kier molecular flexibility index (Phi) is 6.24. The van der Waals surface area contributed by atoms with E-state index in [4.69, 9.17) is 15.0 Å². The molecule has 2 unspecified atom stereocenters. The predicted octanol–water partition coefficient (Wildman–Crippen LogP) is 12.5. The van der Waals surface area contributed by atoms with Gasteiger partial charge in [-0.3, -0.25) is 0 Å². The summed E-state index contributed by atoms with van der Waals surface area (Å²) in [5, 5.41) is 5.07. The molecular formula is C44H35N3S2. The molecule has 4 aliphatic carbocycles. The molecule has 5 heteroatoms. The van der Waals surface area contributed by atoms with Crippen molar-refractivity contribution in [2.75, 3.05) is 0 Å². The lowest BCUT2D eigenvalue weighted by molar-refractivity contribution is 0.0984. The first-order valence-electron chi connectivity index (χ1n) is 17.9. The lowest BCUT2D eigenvalue weighted by atomic mass is 9.56. The highest BCUT2D eigenvalue weighted by Gasteiger charge is 2.49. The number of hydrogen-bond acceptors (Lipinski definition) is 5. The van der Waals surface area contributed by atoms with E-state index in [2.05, 4.69) is 109 Å². The molecule has 0 N–H and O–H groups in total. The first-order chi connectivity index (χ1) is 24.2. The Morgan fingerprint density at radius 1 is 0.469 bits per heavy atom. The normalized spacial score (nSPS) is 23.2. The molecule has 0 saturated heterocycles. The van der Waals surface area contributed by atoms with Gasteiger partial charge in [0.05, 0.1) is 0 Å². The standard InChI is InChI=1S/C44H35N3S2/c1-3-13-37-31(7-1)33-9-5-11-35(39(33)48-37)42-45-41(46-43(47-42)36-12-6-10-34-32-8-2-4-14-38(32)49-40(34)36)29-17-19-30(20-18-29)44-23-26-15-16-27(24-44)22-28(21-26)25-44/h1-14,17-20,26-28H,15-16,21-25H2. The summed E-state index contributed by atoms with van der Waals surface area (Å²) in [6.45, 7) is 0. The van der Waals surface area contributed by atoms with Crippen LogP contribution in [-0.2, 0) is 5.41 Å². The number of benzene rings is 5. The van der Waals surface area contributed by atoms with Crippen LogP contribution in [0.4, 0.5) is 0 Å². The molecule has 238 valence electrons. The quantitative estimate of drug-likeness (QED) is 0.187. The van der Waals surface area contributed by atoms with E-state index in [1.165, 1.54) is 90.9 Å². The molecule has 4 fully saturated rings. The molecule has 0 spiro atoms. The Labute approximate surface area is 293 Å². The lowest BCUT2D eigenvalue weighted by Crippen LogP contribution is -2.40. The summed E-state index contributed by atoms with van der Waals surface area (Å²) >= 11 is 3.65. The number of rotatable bonds is 4. The van der Waals surface area contributed by atoms with Gasteiger partial charge in [0.2, 0.25) is 0 Å². The summed E-state index contributed by atoms with van der Waals surface area (Å²) in [6, 6.07) is 39.9. The van der Waals surface area contributed by atoms with E-state index in [-0.39, 0.29) is 0 Å². The fourth-order valence-electron chi connectivity index (χ4n) is 10.1. The molecule has 2 atom stereocenters. The Balaban J connectivity index is 1.09. The molecule has 3 nitrogen and oxygen atoms in total. The van der Waals surface area contributed by atoms with Crippen molar-refractivity contribution in [1.29, 1.82) is 0 Å². The van der Waals surface area contributed by atoms with Crippen molar-refractivity contribution >= 4 is 63.0 Å². The van der Waals surface area contributed by atoms with E-state index >= 15 is 0 Å². The Bertz CT molecular complexity index is 2430. The summed E-state index contributed by atoms with van der Waals surface area (Å²) in [6.07, 6.45) is 9.93. The van der Waals surface area contributed by atoms with Crippen molar-refractivity contribution in [2.24, 2.45) is 17.8 Å². The van der Waals surface area contributed by atoms with Crippen molar-refractivity contribution in [2.45, 2.75) is 50.4 Å². The van der Waals surface area contributed by atoms with Gasteiger partial charge in [0, 0.05) is 57.0 Å². The zero-order valence-electron chi connectivity index (χ0n) is 27.2. The van der Waals surface area contributed by atoms with Crippen LogP contribution in [0.3, 0.4) is 0 Å². The minimum Gasteiger partial charge on any atom is -0.208 e. The number of aromatic nitrogens is 3. The van der Waals surface area contributed by atoms with Crippen molar-refractivity contribution < 1.29 is 0 Å². The van der Waals surface area contributed by atoms with Crippen LogP contribution in [0.2, 0.25) is 0 Å². The summed E-state index contributed by atoms with van der Waals surface area (Å²) in [5.41, 5.74) is 5.08. The van der Waals surface area contributed by atoms with Gasteiger partial charge in [0.15, 0.2) is 17.5 Å². The largest absolute Gasteiger partial charge is 0.208 e. The third-order valence-electron chi connectivity index (χ3n) is 12.0. The van der Waals surface area contributed by atoms with E-state index in [1.807, 2.05) is 22.7 Å². The molecule has 4 bridgehead atoms. The fraction of sp³-hybridized carbons (Fsp3) is 0.250. The molecule has 12 rings (SSSR count). The smallest absolute Gasteiger partial charge is 0.165 e. The Hall–Kier alpha value is -4.45. The van der Waals surface area contributed by atoms with E-state index in [1.54, 1.807) is 0 Å². The topological polar surface area (TPSA) is 38.7 Å². The van der Waals surface area contributed by atoms with E-state index in [0.29, 0.717) is 5.41 Å². The van der Waals surface area contributed by atoms with Crippen LogP contribution in [0, 0.1) is 17.8 Å². The second-order valence-electron chi connectivity index (χ2n) is 15.0. The lowest BCUT2D eigenvalue weighted by Gasteiger charge is -2.49. The second-order valence-corrected chi connectivity index (χ2v) is 17.1. The van der Waals surface area contributed by atoms with Crippen LogP contribution in [0.5, 0.6) is 0 Å². The van der Waals surface area contributed by atoms with Crippen molar-refractivity contribution in [3.63, 3.8) is 0 Å². The summed E-state index contributed by atoms with van der Waals surface area (Å²) in [7, 11) is 0. The van der Waals surface area contributed by atoms with Gasteiger partial charge in [-0.1, -0.05) is 97.8 Å². The average Bonchev–Trinajstić information content (AvgIpc) is 3.64. The Morgan fingerprint density at radius 3 is 1.53 bits per heavy atom. The van der Waals surface area contributed by atoms with E-state index in [9.17, 15) is 0 Å². The monoisotopic (exact) mass is 669 g/mol. The number of thiophene rings is 2. The van der Waals surface area contributed by atoms with Crippen LogP contribution in [0.25, 0.3) is 74.5 Å². The van der Waals surface area contributed by atoms with Crippen LogP contribution < -0.4 is 0 Å². The van der Waals surface area contributed by atoms with Crippen molar-refractivity contribution in [3.8, 4) is 34.2 Å². The molecule has 0 aliphatic heterocycles. The van der Waals surface area contributed by atoms with Gasteiger partial charge in [-0.05, 0) is 85.1 Å². The molecule has 3 aromatic heterocycles. The van der Waals surface area contributed by atoms with Crippen LogP contribution >= 0.6 is 22.7 Å². The zero-order valence-corrected chi connectivity index (χ0v) is 28.9. The fourth-order valence-corrected chi connectivity index (χ4v) is 12.5. The predicted molar refractivity (Wildman–Crippen MR) is 206 cm³/mol. The van der Waals surface area contributed by atoms with E-state index < -0.39 is 0 Å². The molecule has 0 radical (unpaired) electrons. The SMILES string of the molecule is c1ccc2c(c1)sc1c(-c3nc(-c4ccc(C56CC7CCC(CC(C7)C5)C6)cc4)nc(-c4cccc5c4sc4ccccc45)n3)cccc12. The maximum atomic E-state index is 5.29. The summed E-state index contributed by atoms with van der Waals surface area (Å²) in [5.74, 6) is 4.95. The first-order valence-corrected chi connectivity index (χ1v) is 19.5. The molecule has 0 amide bonds. The highest BCUT2D eigenvalue weighted by atomic mass is 32.1.